The van der Waals surface area contributed by atoms with Crippen LogP contribution in [0.4, 0.5) is 0 Å². The number of hydrogen-bond donors (Lipinski definition) is 0. The minimum Gasteiger partial charge on any atom is -0.264 e. The molecule has 0 saturated carbocycles. The van der Waals surface area contributed by atoms with Gasteiger partial charge in [0, 0.05) is 28.2 Å². The topological polar surface area (TPSA) is 12.9 Å². The number of nitrogens with zero attached hydrogens (tertiary/aromatic N) is 1. The van der Waals surface area contributed by atoms with Crippen LogP contribution in [0.25, 0.3) is 10.8 Å². The minimum absolute atomic E-state index is 0.782. The summed E-state index contributed by atoms with van der Waals surface area (Å²) in [5.41, 5.74) is 0. The van der Waals surface area contributed by atoms with E-state index >= 15 is 0 Å². The van der Waals surface area contributed by atoms with Gasteiger partial charge in [-0.3, -0.25) is 4.98 Å². The van der Waals surface area contributed by atoms with Gasteiger partial charge in [-0.25, -0.2) is 0 Å². The highest BCUT2D eigenvalue weighted by molar-refractivity contribution is 6.35. The third-order valence-electron chi connectivity index (χ3n) is 1.63. The molecule has 0 spiro atoms. The Morgan fingerprint density at radius 3 is 2.91 bits per heavy atom. The molecule has 0 radical (unpaired) electrons. The van der Waals surface area contributed by atoms with Crippen molar-refractivity contribution >= 4 is 22.4 Å². The van der Waals surface area contributed by atoms with Crippen LogP contribution in [0.15, 0.2) is 36.7 Å². The van der Waals surface area contributed by atoms with Crippen LogP contribution in [0.3, 0.4) is 0 Å². The third kappa shape index (κ3) is 1.08. The molecular formula is C9H6ClN. The summed E-state index contributed by atoms with van der Waals surface area (Å²) < 4.78 is 0. The number of rotatable bonds is 0. The molecule has 2 heteroatoms. The van der Waals surface area contributed by atoms with Gasteiger partial charge in [0.25, 0.3) is 0 Å². The van der Waals surface area contributed by atoms with Gasteiger partial charge in [-0.05, 0) is 12.1 Å². The molecule has 2 aromatic rings. The fraction of sp³-hybridized carbons (Fsp3) is 0. The molecule has 0 bridgehead atoms. The lowest BCUT2D eigenvalue weighted by molar-refractivity contribution is 1.36. The zero-order valence-corrected chi connectivity index (χ0v) is 6.55. The van der Waals surface area contributed by atoms with Crippen molar-refractivity contribution in [2.24, 2.45) is 0 Å². The van der Waals surface area contributed by atoms with Crippen LogP contribution in [-0.2, 0) is 0 Å². The van der Waals surface area contributed by atoms with Gasteiger partial charge in [0.2, 0.25) is 0 Å². The Labute approximate surface area is 69.6 Å². The van der Waals surface area contributed by atoms with E-state index in [0.29, 0.717) is 0 Å². The maximum atomic E-state index is 5.93. The number of aromatic nitrogens is 1. The van der Waals surface area contributed by atoms with Crippen LogP contribution < -0.4 is 0 Å². The first kappa shape index (κ1) is 6.62. The van der Waals surface area contributed by atoms with Crippen molar-refractivity contribution in [1.82, 2.24) is 4.98 Å². The first-order valence-corrected chi connectivity index (χ1v) is 3.74. The van der Waals surface area contributed by atoms with Crippen LogP contribution >= 0.6 is 11.6 Å². The molecule has 54 valence electrons. The van der Waals surface area contributed by atoms with Crippen molar-refractivity contribution in [3.8, 4) is 0 Å². The summed E-state index contributed by atoms with van der Waals surface area (Å²) in [7, 11) is 0. The Kier molecular flexibility index (Phi) is 1.51. The quantitative estimate of drug-likeness (QED) is 0.582. The summed E-state index contributed by atoms with van der Waals surface area (Å²) in [5.74, 6) is 0. The fourth-order valence-electron chi connectivity index (χ4n) is 1.08. The summed E-state index contributed by atoms with van der Waals surface area (Å²) in [6, 6.07) is 7.71. The van der Waals surface area contributed by atoms with E-state index in [0.717, 1.165) is 15.8 Å². The van der Waals surface area contributed by atoms with Gasteiger partial charge >= 0.3 is 0 Å². The number of pyridine rings is 1. The SMILES string of the molecule is Clc1cccc2cnccc12. The third-order valence-corrected chi connectivity index (χ3v) is 1.96. The molecule has 0 atom stereocenters. The molecule has 0 aliphatic rings. The predicted molar refractivity (Wildman–Crippen MR) is 46.8 cm³/mol. The average Bonchev–Trinajstić information content (AvgIpc) is 2.06. The molecule has 0 amide bonds. The number of hydrogen-bond acceptors (Lipinski definition) is 1. The van der Waals surface area contributed by atoms with Gasteiger partial charge in [-0.1, -0.05) is 23.7 Å². The van der Waals surface area contributed by atoms with Gasteiger partial charge in [0.05, 0.1) is 0 Å². The van der Waals surface area contributed by atoms with E-state index in [1.165, 1.54) is 0 Å². The first-order chi connectivity index (χ1) is 5.38. The van der Waals surface area contributed by atoms with Crippen molar-refractivity contribution in [2.45, 2.75) is 0 Å². The second-order valence-corrected chi connectivity index (χ2v) is 2.74. The summed E-state index contributed by atoms with van der Waals surface area (Å²) in [5, 5.41) is 2.93. The summed E-state index contributed by atoms with van der Waals surface area (Å²) in [6.07, 6.45) is 3.55. The molecule has 1 heterocycles. The smallest absolute Gasteiger partial charge is 0.0485 e. The van der Waals surface area contributed by atoms with Crippen molar-refractivity contribution in [3.05, 3.63) is 41.7 Å². The second-order valence-electron chi connectivity index (χ2n) is 2.34. The molecule has 2 rings (SSSR count). The van der Waals surface area contributed by atoms with Gasteiger partial charge < -0.3 is 0 Å². The van der Waals surface area contributed by atoms with Crippen molar-refractivity contribution in [2.75, 3.05) is 0 Å². The fourth-order valence-corrected chi connectivity index (χ4v) is 1.33. The molecule has 11 heavy (non-hydrogen) atoms. The lowest BCUT2D eigenvalue weighted by Gasteiger charge is -1.96. The lowest BCUT2D eigenvalue weighted by Crippen LogP contribution is -1.74. The number of fused-ring (bicyclic) bond motifs is 1. The Hall–Kier alpha value is -1.08. The second kappa shape index (κ2) is 2.51. The average molecular weight is 164 g/mol. The van der Waals surface area contributed by atoms with E-state index in [9.17, 15) is 0 Å². The maximum absolute atomic E-state index is 5.93. The molecule has 1 aromatic heterocycles. The van der Waals surface area contributed by atoms with Gasteiger partial charge in [-0.2, -0.15) is 0 Å². The summed E-state index contributed by atoms with van der Waals surface area (Å²) in [6.45, 7) is 0. The van der Waals surface area contributed by atoms with Crippen LogP contribution in [0, 0.1) is 0 Å². The van der Waals surface area contributed by atoms with E-state index in [4.69, 9.17) is 11.6 Å². The summed E-state index contributed by atoms with van der Waals surface area (Å²) in [4.78, 5) is 4.00. The van der Waals surface area contributed by atoms with Gasteiger partial charge in [0.1, 0.15) is 0 Å². The lowest BCUT2D eigenvalue weighted by atomic mass is 10.2. The van der Waals surface area contributed by atoms with Crippen LogP contribution in [0.5, 0.6) is 0 Å². The number of halogens is 1. The van der Waals surface area contributed by atoms with Crippen LogP contribution in [0.1, 0.15) is 0 Å². The first-order valence-electron chi connectivity index (χ1n) is 3.36. The Morgan fingerprint density at radius 1 is 1.18 bits per heavy atom. The zero-order chi connectivity index (χ0) is 7.68. The van der Waals surface area contributed by atoms with Gasteiger partial charge in [-0.15, -0.1) is 0 Å². The zero-order valence-electron chi connectivity index (χ0n) is 5.79. The molecule has 0 unspecified atom stereocenters. The molecule has 1 aromatic carbocycles. The molecular weight excluding hydrogens is 158 g/mol. The Morgan fingerprint density at radius 2 is 2.09 bits per heavy atom. The van der Waals surface area contributed by atoms with Crippen molar-refractivity contribution < 1.29 is 0 Å². The summed E-state index contributed by atoms with van der Waals surface area (Å²) >= 11 is 5.93. The van der Waals surface area contributed by atoms with Crippen LogP contribution in [-0.4, -0.2) is 4.98 Å². The van der Waals surface area contributed by atoms with Gasteiger partial charge in [0.15, 0.2) is 0 Å². The maximum Gasteiger partial charge on any atom is 0.0485 e. The Bertz CT molecular complexity index is 379. The van der Waals surface area contributed by atoms with E-state index < -0.39 is 0 Å². The largest absolute Gasteiger partial charge is 0.264 e. The molecule has 1 nitrogen and oxygen atoms in total. The molecule has 0 N–H and O–H groups in total. The molecule has 0 saturated heterocycles. The monoisotopic (exact) mass is 163 g/mol. The van der Waals surface area contributed by atoms with E-state index in [-0.39, 0.29) is 0 Å². The minimum atomic E-state index is 0.782. The Balaban J connectivity index is 2.91. The normalized spacial score (nSPS) is 10.3. The molecule has 0 fully saturated rings. The highest BCUT2D eigenvalue weighted by Gasteiger charge is 1.94. The standard InChI is InChI=1S/C9H6ClN/c10-9-3-1-2-7-6-11-5-4-8(7)9/h1-6H. The van der Waals surface area contributed by atoms with Crippen molar-refractivity contribution in [1.29, 1.82) is 0 Å². The molecule has 0 aliphatic heterocycles. The van der Waals surface area contributed by atoms with E-state index in [1.807, 2.05) is 24.3 Å². The van der Waals surface area contributed by atoms with Crippen molar-refractivity contribution in [3.63, 3.8) is 0 Å². The molecule has 0 aliphatic carbocycles. The van der Waals surface area contributed by atoms with Crippen LogP contribution in [0.2, 0.25) is 5.02 Å². The highest BCUT2D eigenvalue weighted by Crippen LogP contribution is 2.21. The highest BCUT2D eigenvalue weighted by atomic mass is 35.5. The number of benzene rings is 1. The predicted octanol–water partition coefficient (Wildman–Crippen LogP) is 2.89. The van der Waals surface area contributed by atoms with E-state index in [1.54, 1.807) is 12.4 Å². The van der Waals surface area contributed by atoms with E-state index in [2.05, 4.69) is 4.98 Å².